The molecule has 0 saturated heterocycles. The van der Waals surface area contributed by atoms with Crippen LogP contribution in [0, 0.1) is 11.1 Å². The van der Waals surface area contributed by atoms with Gasteiger partial charge in [0.15, 0.2) is 6.20 Å². The third-order valence-corrected chi connectivity index (χ3v) is 6.68. The number of imidazole rings is 1. The Hall–Kier alpha value is -4.31. The molecule has 1 aliphatic rings. The molecule has 4 aromatic heterocycles. The molecule has 4 heterocycles. The first kappa shape index (κ1) is 22.2. The van der Waals surface area contributed by atoms with E-state index in [4.69, 9.17) is 22.3 Å². The maximum Gasteiger partial charge on any atom is 0.203 e. The quantitative estimate of drug-likeness (QED) is 0.255. The zero-order valence-corrected chi connectivity index (χ0v) is 19.9. The molecule has 1 fully saturated rings. The minimum Gasteiger partial charge on any atom is -0.618 e. The third-order valence-electron chi connectivity index (χ3n) is 6.44. The number of hydrogen-bond donors (Lipinski definition) is 2. The molecule has 3 N–H and O–H groups in total. The van der Waals surface area contributed by atoms with Crippen molar-refractivity contribution < 1.29 is 4.73 Å². The second-order valence-electron chi connectivity index (χ2n) is 8.96. The zero-order valence-electron chi connectivity index (χ0n) is 19.1. The number of tetrazole rings is 1. The molecule has 1 atom stereocenters. The van der Waals surface area contributed by atoms with Crippen LogP contribution in [-0.2, 0) is 0 Å². The standard InChI is InChI=1S/C25H22ClN9O/c26-18-5-7-22(34-14-30-32-33-34)19(10-18)17-3-6-23(35(36)13-17)20(9-15-1-2-15)25-29-12-21(31-25)16-4-8-24(27)28-11-16/h3-8,10-15,20H,1-2,9H2,(H2,27,28)(H,29,31). The van der Waals surface area contributed by atoms with E-state index in [1.807, 2.05) is 30.5 Å². The smallest absolute Gasteiger partial charge is 0.203 e. The van der Waals surface area contributed by atoms with Gasteiger partial charge in [0, 0.05) is 40.2 Å². The topological polar surface area (TPSA) is 138 Å². The van der Waals surface area contributed by atoms with Crippen LogP contribution in [0.1, 0.15) is 36.7 Å². The molecular weight excluding hydrogens is 478 g/mol. The molecule has 36 heavy (non-hydrogen) atoms. The van der Waals surface area contributed by atoms with Crippen molar-refractivity contribution >= 4 is 17.4 Å². The molecule has 10 nitrogen and oxygen atoms in total. The maximum absolute atomic E-state index is 13.4. The molecule has 1 saturated carbocycles. The Kier molecular flexibility index (Phi) is 5.57. The van der Waals surface area contributed by atoms with Gasteiger partial charge in [-0.05, 0) is 59.2 Å². The van der Waals surface area contributed by atoms with E-state index in [0.717, 1.165) is 39.5 Å². The maximum atomic E-state index is 13.4. The normalized spacial score (nSPS) is 14.1. The van der Waals surface area contributed by atoms with Crippen molar-refractivity contribution in [3.05, 3.63) is 89.1 Å². The number of H-pyrrole nitrogens is 1. The van der Waals surface area contributed by atoms with Crippen LogP contribution in [0.25, 0.3) is 28.1 Å². The summed E-state index contributed by atoms with van der Waals surface area (Å²) in [6.07, 6.45) is 9.80. The van der Waals surface area contributed by atoms with Crippen molar-refractivity contribution in [3.8, 4) is 28.1 Å². The van der Waals surface area contributed by atoms with Gasteiger partial charge in [-0.3, -0.25) is 0 Å². The van der Waals surface area contributed by atoms with E-state index in [-0.39, 0.29) is 5.92 Å². The van der Waals surface area contributed by atoms with Gasteiger partial charge in [-0.2, -0.15) is 9.41 Å². The third kappa shape index (κ3) is 4.38. The van der Waals surface area contributed by atoms with Gasteiger partial charge in [0.1, 0.15) is 23.9 Å². The number of halogens is 1. The Morgan fingerprint density at radius 3 is 2.75 bits per heavy atom. The first-order chi connectivity index (χ1) is 17.5. The number of nitrogens with one attached hydrogen (secondary N) is 1. The predicted octanol–water partition coefficient (Wildman–Crippen LogP) is 3.92. The van der Waals surface area contributed by atoms with Crippen molar-refractivity contribution in [2.24, 2.45) is 5.92 Å². The highest BCUT2D eigenvalue weighted by Gasteiger charge is 2.33. The Labute approximate surface area is 211 Å². The molecule has 0 bridgehead atoms. The Morgan fingerprint density at radius 2 is 2.03 bits per heavy atom. The lowest BCUT2D eigenvalue weighted by molar-refractivity contribution is -0.614. The lowest BCUT2D eigenvalue weighted by Gasteiger charge is -2.16. The lowest BCUT2D eigenvalue weighted by Crippen LogP contribution is -2.34. The van der Waals surface area contributed by atoms with E-state index in [0.29, 0.717) is 28.0 Å². The number of nitrogen functional groups attached to an aromatic ring is 1. The molecular formula is C25H22ClN9O. The minimum absolute atomic E-state index is 0.169. The molecule has 0 spiro atoms. The number of aromatic nitrogens is 8. The van der Waals surface area contributed by atoms with E-state index < -0.39 is 0 Å². The number of aromatic amines is 1. The summed E-state index contributed by atoms with van der Waals surface area (Å²) in [6.45, 7) is 0. The van der Waals surface area contributed by atoms with E-state index >= 15 is 0 Å². The van der Waals surface area contributed by atoms with Gasteiger partial charge in [-0.1, -0.05) is 24.4 Å². The Bertz CT molecular complexity index is 1510. The van der Waals surface area contributed by atoms with Crippen LogP contribution in [0.2, 0.25) is 5.02 Å². The summed E-state index contributed by atoms with van der Waals surface area (Å²) in [4.78, 5) is 12.3. The molecule has 180 valence electrons. The second-order valence-corrected chi connectivity index (χ2v) is 9.40. The lowest BCUT2D eigenvalue weighted by atomic mass is 9.95. The summed E-state index contributed by atoms with van der Waals surface area (Å²) in [5.74, 6) is 1.62. The van der Waals surface area contributed by atoms with Gasteiger partial charge in [0.05, 0.1) is 11.4 Å². The van der Waals surface area contributed by atoms with Crippen LogP contribution in [0.5, 0.6) is 0 Å². The monoisotopic (exact) mass is 499 g/mol. The van der Waals surface area contributed by atoms with Gasteiger partial charge in [-0.15, -0.1) is 5.10 Å². The molecule has 11 heteroatoms. The van der Waals surface area contributed by atoms with Crippen molar-refractivity contribution in [2.75, 3.05) is 5.73 Å². The summed E-state index contributed by atoms with van der Waals surface area (Å²) >= 11 is 6.29. The van der Waals surface area contributed by atoms with Crippen molar-refractivity contribution in [2.45, 2.75) is 25.2 Å². The summed E-state index contributed by atoms with van der Waals surface area (Å²) in [5, 5.41) is 25.4. The summed E-state index contributed by atoms with van der Waals surface area (Å²) in [5.41, 5.74) is 10.2. The molecule has 6 rings (SSSR count). The van der Waals surface area contributed by atoms with Crippen LogP contribution in [0.4, 0.5) is 5.82 Å². The average Bonchev–Trinajstić information content (AvgIpc) is 3.31. The van der Waals surface area contributed by atoms with E-state index in [2.05, 4.69) is 25.5 Å². The van der Waals surface area contributed by atoms with Crippen LogP contribution in [0.15, 0.2) is 67.4 Å². The summed E-state index contributed by atoms with van der Waals surface area (Å²) in [6, 6.07) is 12.8. The van der Waals surface area contributed by atoms with Gasteiger partial charge in [0.2, 0.25) is 5.69 Å². The number of benzene rings is 1. The van der Waals surface area contributed by atoms with Crippen molar-refractivity contribution in [3.63, 3.8) is 0 Å². The van der Waals surface area contributed by atoms with Gasteiger partial charge in [-0.25, -0.2) is 9.97 Å². The highest BCUT2D eigenvalue weighted by molar-refractivity contribution is 6.31. The van der Waals surface area contributed by atoms with Crippen LogP contribution < -0.4 is 10.5 Å². The van der Waals surface area contributed by atoms with Crippen molar-refractivity contribution in [1.82, 2.24) is 35.2 Å². The molecule has 1 aromatic carbocycles. The second kappa shape index (κ2) is 9.04. The fourth-order valence-corrected chi connectivity index (χ4v) is 4.58. The molecule has 0 amide bonds. The summed E-state index contributed by atoms with van der Waals surface area (Å²) < 4.78 is 2.47. The first-order valence-corrected chi connectivity index (χ1v) is 12.0. The predicted molar refractivity (Wildman–Crippen MR) is 134 cm³/mol. The minimum atomic E-state index is -0.169. The zero-order chi connectivity index (χ0) is 24.6. The number of rotatable bonds is 7. The fraction of sp³-hybridized carbons (Fsp3) is 0.200. The number of nitrogens with zero attached hydrogens (tertiary/aromatic N) is 7. The Morgan fingerprint density at radius 1 is 1.17 bits per heavy atom. The largest absolute Gasteiger partial charge is 0.618 e. The highest BCUT2D eigenvalue weighted by Crippen LogP contribution is 2.40. The van der Waals surface area contributed by atoms with E-state index in [1.54, 1.807) is 35.3 Å². The average molecular weight is 500 g/mol. The van der Waals surface area contributed by atoms with Gasteiger partial charge < -0.3 is 15.9 Å². The highest BCUT2D eigenvalue weighted by atomic mass is 35.5. The Balaban J connectivity index is 1.37. The molecule has 0 radical (unpaired) electrons. The van der Waals surface area contributed by atoms with Crippen LogP contribution in [0.3, 0.4) is 0 Å². The first-order valence-electron chi connectivity index (χ1n) is 11.6. The number of nitrogens with two attached hydrogens (primary N) is 1. The number of anilines is 1. The molecule has 0 aliphatic heterocycles. The number of hydrogen-bond acceptors (Lipinski definition) is 7. The SMILES string of the molecule is Nc1ccc(-c2c[nH]c(C(CC3CC3)c3ccc(-c4cc(Cl)ccc4-n4cnnn4)c[n+]3[O-])n2)cn1. The van der Waals surface area contributed by atoms with Crippen LogP contribution >= 0.6 is 11.6 Å². The van der Waals surface area contributed by atoms with Crippen LogP contribution in [-0.4, -0.2) is 35.2 Å². The van der Waals surface area contributed by atoms with Gasteiger partial charge >= 0.3 is 0 Å². The van der Waals surface area contributed by atoms with Crippen molar-refractivity contribution in [1.29, 1.82) is 0 Å². The molecule has 1 unspecified atom stereocenters. The van der Waals surface area contributed by atoms with E-state index in [1.165, 1.54) is 19.2 Å². The molecule has 5 aromatic rings. The van der Waals surface area contributed by atoms with Gasteiger partial charge in [0.25, 0.3) is 0 Å². The fourth-order valence-electron chi connectivity index (χ4n) is 4.41. The van der Waals surface area contributed by atoms with E-state index in [9.17, 15) is 5.21 Å². The molecule has 1 aliphatic carbocycles. The number of pyridine rings is 2. The summed E-state index contributed by atoms with van der Waals surface area (Å²) in [7, 11) is 0.